The molecule has 0 saturated carbocycles. The minimum Gasteiger partial charge on any atom is -0.478 e. The number of nitrogens with one attached hydrogen (secondary N) is 2. The summed E-state index contributed by atoms with van der Waals surface area (Å²) in [5.41, 5.74) is 5.60. The van der Waals surface area contributed by atoms with Crippen LogP contribution in [0.2, 0.25) is 0 Å². The highest BCUT2D eigenvalue weighted by Crippen LogP contribution is 2.39. The van der Waals surface area contributed by atoms with Gasteiger partial charge in [0.05, 0.1) is 23.0 Å². The van der Waals surface area contributed by atoms with Gasteiger partial charge in [0.1, 0.15) is 5.00 Å². The Balaban J connectivity index is 1.28. The zero-order chi connectivity index (χ0) is 28.1. The number of halogens is 1. The van der Waals surface area contributed by atoms with Gasteiger partial charge in [0, 0.05) is 22.0 Å². The van der Waals surface area contributed by atoms with E-state index in [1.165, 1.54) is 11.3 Å². The van der Waals surface area contributed by atoms with Crippen molar-refractivity contribution in [3.63, 3.8) is 0 Å². The number of thiophene rings is 1. The van der Waals surface area contributed by atoms with E-state index < -0.39 is 5.97 Å². The molecule has 2 heterocycles. The first-order chi connectivity index (χ1) is 19.4. The summed E-state index contributed by atoms with van der Waals surface area (Å²) in [7, 11) is 0. The zero-order valence-corrected chi connectivity index (χ0v) is 23.3. The number of aromatic nitrogens is 1. The molecule has 0 bridgehead atoms. The highest BCUT2D eigenvalue weighted by atomic mass is 35.5. The summed E-state index contributed by atoms with van der Waals surface area (Å²) in [6.07, 6.45) is 6.80. The maximum absolute atomic E-state index is 13.5. The van der Waals surface area contributed by atoms with Crippen molar-refractivity contribution in [2.24, 2.45) is 0 Å². The number of pyridine rings is 1. The van der Waals surface area contributed by atoms with Gasteiger partial charge in [-0.25, -0.2) is 4.79 Å². The summed E-state index contributed by atoms with van der Waals surface area (Å²) in [6.45, 7) is 0. The van der Waals surface area contributed by atoms with Crippen molar-refractivity contribution in [2.75, 3.05) is 10.6 Å². The molecule has 5 rings (SSSR count). The molecule has 7 nitrogen and oxygen atoms in total. The van der Waals surface area contributed by atoms with Gasteiger partial charge in [-0.2, -0.15) is 0 Å². The van der Waals surface area contributed by atoms with Crippen molar-refractivity contribution in [1.29, 1.82) is 0 Å². The van der Waals surface area contributed by atoms with Crippen molar-refractivity contribution in [2.45, 2.75) is 44.4 Å². The number of carbonyl (C=O) groups is 3. The number of carbonyl (C=O) groups excluding carboxylic acids is 2. The second-order valence-electron chi connectivity index (χ2n) is 9.70. The Kier molecular flexibility index (Phi) is 8.57. The lowest BCUT2D eigenvalue weighted by molar-refractivity contribution is 0.0696. The van der Waals surface area contributed by atoms with Crippen LogP contribution >= 0.6 is 22.9 Å². The summed E-state index contributed by atoms with van der Waals surface area (Å²) >= 11 is 7.42. The molecule has 2 aromatic carbocycles. The number of carboxylic acid groups (broad SMARTS) is 1. The van der Waals surface area contributed by atoms with Crippen LogP contribution in [0.3, 0.4) is 0 Å². The monoisotopic (exact) mass is 573 g/mol. The predicted octanol–water partition coefficient (Wildman–Crippen LogP) is 6.75. The minimum absolute atomic E-state index is 0.261. The Morgan fingerprint density at radius 3 is 2.40 bits per heavy atom. The first-order valence-corrected chi connectivity index (χ1v) is 14.5. The first-order valence-electron chi connectivity index (χ1n) is 13.1. The van der Waals surface area contributed by atoms with Crippen molar-refractivity contribution < 1.29 is 19.5 Å². The van der Waals surface area contributed by atoms with E-state index in [0.29, 0.717) is 34.1 Å². The maximum atomic E-state index is 13.5. The number of nitrogens with zero attached hydrogens (tertiary/aromatic N) is 1. The summed E-state index contributed by atoms with van der Waals surface area (Å²) < 4.78 is 0. The smallest absolute Gasteiger partial charge is 0.335 e. The standard InChI is InChI=1S/C31H28ClN3O4S/c32-17-20-4-3-5-22(16-20)28(36)35-30-27(25-6-1-2-7-26(25)40-30)29(37)34-24-15-14-23(33-18-24)13-10-19-8-11-21(12-9-19)31(38)39/h3-5,8-9,11-12,14-16,18H,1-2,6-7,10,13,17H2,(H,34,37)(H,35,36)(H,38,39). The normalized spacial score (nSPS) is 12.4. The van der Waals surface area contributed by atoms with E-state index in [1.807, 2.05) is 30.3 Å². The number of fused-ring (bicyclic) bond motifs is 1. The lowest BCUT2D eigenvalue weighted by Crippen LogP contribution is -2.19. The Labute approximate surface area is 241 Å². The van der Waals surface area contributed by atoms with Crippen molar-refractivity contribution >= 4 is 51.4 Å². The molecule has 9 heteroatoms. The van der Waals surface area contributed by atoms with Crippen LogP contribution in [0.15, 0.2) is 66.9 Å². The number of aromatic carboxylic acids is 1. The van der Waals surface area contributed by atoms with E-state index in [-0.39, 0.29) is 17.4 Å². The first kappa shape index (κ1) is 27.6. The third kappa shape index (κ3) is 6.41. The Bertz CT molecular complexity index is 1550. The number of amides is 2. The van der Waals surface area contributed by atoms with Gasteiger partial charge in [-0.1, -0.05) is 24.3 Å². The fourth-order valence-corrected chi connectivity index (χ4v) is 6.24. The molecule has 0 fully saturated rings. The van der Waals surface area contributed by atoms with Gasteiger partial charge in [-0.05, 0) is 91.6 Å². The Morgan fingerprint density at radius 1 is 0.875 bits per heavy atom. The van der Waals surface area contributed by atoms with E-state index in [4.69, 9.17) is 16.7 Å². The molecule has 1 aliphatic rings. The summed E-state index contributed by atoms with van der Waals surface area (Å²) in [4.78, 5) is 43.3. The van der Waals surface area contributed by atoms with Crippen molar-refractivity contribution in [1.82, 2.24) is 4.98 Å². The van der Waals surface area contributed by atoms with Crippen LogP contribution in [0, 0.1) is 0 Å². The zero-order valence-electron chi connectivity index (χ0n) is 21.7. The van der Waals surface area contributed by atoms with E-state index >= 15 is 0 Å². The number of alkyl halides is 1. The number of anilines is 2. The quantitative estimate of drug-likeness (QED) is 0.192. The number of hydrogen-bond donors (Lipinski definition) is 3. The largest absolute Gasteiger partial charge is 0.478 e. The van der Waals surface area contributed by atoms with E-state index in [1.54, 1.807) is 36.5 Å². The molecule has 0 saturated heterocycles. The molecule has 2 aromatic heterocycles. The second-order valence-corrected chi connectivity index (χ2v) is 11.1. The molecule has 0 spiro atoms. The maximum Gasteiger partial charge on any atom is 0.335 e. The molecule has 4 aromatic rings. The van der Waals surface area contributed by atoms with Crippen LogP contribution in [-0.2, 0) is 31.6 Å². The topological polar surface area (TPSA) is 108 Å². The molecule has 0 aliphatic heterocycles. The fraction of sp³-hybridized carbons (Fsp3) is 0.226. The SMILES string of the molecule is O=C(O)c1ccc(CCc2ccc(NC(=O)c3c(NC(=O)c4cccc(CCl)c4)sc4c3CCCC4)cn2)cc1. The molecule has 0 unspecified atom stereocenters. The van der Waals surface area contributed by atoms with Gasteiger partial charge >= 0.3 is 5.97 Å². The Hall–Kier alpha value is -4.01. The molecule has 2 amide bonds. The summed E-state index contributed by atoms with van der Waals surface area (Å²) in [6, 6.07) is 17.7. The molecule has 0 radical (unpaired) electrons. The summed E-state index contributed by atoms with van der Waals surface area (Å²) in [5, 5.41) is 15.6. The molecule has 3 N–H and O–H groups in total. The van der Waals surface area contributed by atoms with Gasteiger partial charge in [-0.3, -0.25) is 14.6 Å². The highest BCUT2D eigenvalue weighted by Gasteiger charge is 2.27. The average Bonchev–Trinajstić information content (AvgIpc) is 3.35. The number of benzene rings is 2. The van der Waals surface area contributed by atoms with Gasteiger partial charge < -0.3 is 15.7 Å². The van der Waals surface area contributed by atoms with Crippen LogP contribution < -0.4 is 10.6 Å². The highest BCUT2D eigenvalue weighted by molar-refractivity contribution is 7.17. The van der Waals surface area contributed by atoms with Crippen molar-refractivity contribution in [3.8, 4) is 0 Å². The lowest BCUT2D eigenvalue weighted by atomic mass is 9.95. The molecular weight excluding hydrogens is 546 g/mol. The van der Waals surface area contributed by atoms with E-state index in [2.05, 4.69) is 15.6 Å². The average molecular weight is 574 g/mol. The van der Waals surface area contributed by atoms with Gasteiger partial charge in [0.15, 0.2) is 0 Å². The minimum atomic E-state index is -0.944. The molecule has 204 valence electrons. The molecule has 0 atom stereocenters. The van der Waals surface area contributed by atoms with Crippen LogP contribution in [0.25, 0.3) is 0 Å². The van der Waals surface area contributed by atoms with Crippen LogP contribution in [-0.4, -0.2) is 27.9 Å². The number of aryl methyl sites for hydroxylation is 3. The van der Waals surface area contributed by atoms with Crippen LogP contribution in [0.4, 0.5) is 10.7 Å². The van der Waals surface area contributed by atoms with E-state index in [9.17, 15) is 14.4 Å². The van der Waals surface area contributed by atoms with E-state index in [0.717, 1.165) is 59.4 Å². The third-order valence-corrected chi connectivity index (χ3v) is 8.44. The van der Waals surface area contributed by atoms with Crippen molar-refractivity contribution in [3.05, 3.63) is 111 Å². The Morgan fingerprint density at radius 2 is 1.68 bits per heavy atom. The fourth-order valence-electron chi connectivity index (χ4n) is 4.79. The lowest BCUT2D eigenvalue weighted by Gasteiger charge is -2.13. The predicted molar refractivity (Wildman–Crippen MR) is 158 cm³/mol. The molecule has 1 aliphatic carbocycles. The van der Waals surface area contributed by atoms with Gasteiger partial charge in [0.2, 0.25) is 0 Å². The molecule has 40 heavy (non-hydrogen) atoms. The van der Waals surface area contributed by atoms with Gasteiger partial charge in [-0.15, -0.1) is 22.9 Å². The number of hydrogen-bond acceptors (Lipinski definition) is 5. The van der Waals surface area contributed by atoms with Gasteiger partial charge in [0.25, 0.3) is 11.8 Å². The third-order valence-electron chi connectivity index (χ3n) is 6.92. The summed E-state index contributed by atoms with van der Waals surface area (Å²) in [5.74, 6) is -1.17. The van der Waals surface area contributed by atoms with Crippen LogP contribution in [0.5, 0.6) is 0 Å². The molecular formula is C31H28ClN3O4S. The second kappa shape index (κ2) is 12.4. The number of rotatable bonds is 9. The van der Waals surface area contributed by atoms with Crippen LogP contribution in [0.1, 0.15) is 71.2 Å². The number of carboxylic acids is 1.